The maximum atomic E-state index is 12.3. The topological polar surface area (TPSA) is 57.5 Å². The number of carbonyl (C=O) groups is 1. The fourth-order valence-electron chi connectivity index (χ4n) is 8.61. The highest BCUT2D eigenvalue weighted by atomic mass is 16.3. The molecule has 2 N–H and O–H groups in total. The molecule has 3 heteroatoms. The van der Waals surface area contributed by atoms with Crippen molar-refractivity contribution in [1.29, 1.82) is 0 Å². The molecule has 4 fully saturated rings. The summed E-state index contributed by atoms with van der Waals surface area (Å²) < 4.78 is 0. The van der Waals surface area contributed by atoms with Crippen LogP contribution in [0.5, 0.6) is 0 Å². The summed E-state index contributed by atoms with van der Waals surface area (Å²) in [5.41, 5.74) is -0.0807. The van der Waals surface area contributed by atoms with Crippen molar-refractivity contribution >= 4 is 5.78 Å². The molecule has 4 aliphatic rings. The van der Waals surface area contributed by atoms with Crippen molar-refractivity contribution in [3.8, 4) is 0 Å². The van der Waals surface area contributed by atoms with Crippen molar-refractivity contribution in [3.05, 3.63) is 0 Å². The van der Waals surface area contributed by atoms with Gasteiger partial charge in [0.25, 0.3) is 0 Å². The fraction of sp³-hybridized carbons (Fsp3) is 0.957. The van der Waals surface area contributed by atoms with E-state index >= 15 is 0 Å². The lowest BCUT2D eigenvalue weighted by Crippen LogP contribution is -2.57. The van der Waals surface area contributed by atoms with Crippen LogP contribution in [0.15, 0.2) is 0 Å². The van der Waals surface area contributed by atoms with Crippen molar-refractivity contribution in [1.82, 2.24) is 0 Å². The number of rotatable bonds is 3. The van der Waals surface area contributed by atoms with Crippen molar-refractivity contribution in [2.45, 2.75) is 90.6 Å². The lowest BCUT2D eigenvalue weighted by Gasteiger charge is -2.63. The molecular weight excluding hydrogens is 324 g/mol. The maximum absolute atomic E-state index is 12.3. The van der Waals surface area contributed by atoms with Crippen molar-refractivity contribution in [2.24, 2.45) is 40.4 Å². The van der Waals surface area contributed by atoms with Gasteiger partial charge in [-0.25, -0.2) is 0 Å². The minimum Gasteiger partial charge on any atom is -0.396 e. The standard InChI is InChI=1S/C23H38O3/c1-15(25)18-6-7-19-17-5-4-16-14-21(2,26)10-11-23(16,12-13-24)20(17)8-9-22(18,19)3/h16-20,24,26H,4-14H2,1-3H3/t16-,17-,18+,19-,20-,21+,22+,23+/m0/s1. The van der Waals surface area contributed by atoms with Crippen LogP contribution in [0.4, 0.5) is 0 Å². The first-order valence-corrected chi connectivity index (χ1v) is 11.1. The Morgan fingerprint density at radius 2 is 1.77 bits per heavy atom. The SMILES string of the molecule is CC(=O)[C@H]1CC[C@H]2[C@@H]3CC[C@H]4C[C@](C)(O)CC[C@]4(CCO)[C@H]3CC[C@]12C. The Bertz CT molecular complexity index is 570. The van der Waals surface area contributed by atoms with Gasteiger partial charge >= 0.3 is 0 Å². The number of carbonyl (C=O) groups excluding carboxylic acids is 1. The summed E-state index contributed by atoms with van der Waals surface area (Å²) in [6.07, 6.45) is 11.0. The summed E-state index contributed by atoms with van der Waals surface area (Å²) in [5.74, 6) is 3.34. The highest BCUT2D eigenvalue weighted by Gasteiger charge is 2.62. The first-order chi connectivity index (χ1) is 12.2. The lowest BCUT2D eigenvalue weighted by molar-refractivity contribution is -0.162. The smallest absolute Gasteiger partial charge is 0.133 e. The number of fused-ring (bicyclic) bond motifs is 5. The summed E-state index contributed by atoms with van der Waals surface area (Å²) in [7, 11) is 0. The number of hydrogen-bond acceptors (Lipinski definition) is 3. The van der Waals surface area contributed by atoms with Gasteiger partial charge in [0.2, 0.25) is 0 Å². The Balaban J connectivity index is 1.65. The second-order valence-electron chi connectivity index (χ2n) is 10.8. The molecule has 0 bridgehead atoms. The molecule has 0 saturated heterocycles. The Hall–Kier alpha value is -0.410. The Morgan fingerprint density at radius 1 is 1.00 bits per heavy atom. The van der Waals surface area contributed by atoms with Gasteiger partial charge in [0, 0.05) is 12.5 Å². The van der Waals surface area contributed by atoms with Gasteiger partial charge in [0.1, 0.15) is 5.78 Å². The van der Waals surface area contributed by atoms with Crippen LogP contribution in [-0.4, -0.2) is 28.2 Å². The molecule has 0 unspecified atom stereocenters. The first-order valence-electron chi connectivity index (χ1n) is 11.1. The fourth-order valence-corrected chi connectivity index (χ4v) is 8.61. The first kappa shape index (κ1) is 18.9. The van der Waals surface area contributed by atoms with Gasteiger partial charge < -0.3 is 10.2 Å². The molecule has 3 nitrogen and oxygen atoms in total. The zero-order chi connectivity index (χ0) is 18.7. The molecule has 4 rings (SSSR count). The van der Waals surface area contributed by atoms with Crippen LogP contribution in [0.3, 0.4) is 0 Å². The zero-order valence-corrected chi connectivity index (χ0v) is 17.0. The molecule has 0 amide bonds. The van der Waals surface area contributed by atoms with E-state index in [9.17, 15) is 15.0 Å². The molecule has 148 valence electrons. The third-order valence-electron chi connectivity index (χ3n) is 9.72. The second kappa shape index (κ2) is 6.30. The molecule has 8 atom stereocenters. The molecule has 0 heterocycles. The van der Waals surface area contributed by atoms with Gasteiger partial charge in [0.15, 0.2) is 0 Å². The summed E-state index contributed by atoms with van der Waals surface area (Å²) >= 11 is 0. The van der Waals surface area contributed by atoms with Gasteiger partial charge in [-0.3, -0.25) is 4.79 Å². The van der Waals surface area contributed by atoms with Gasteiger partial charge in [-0.2, -0.15) is 0 Å². The monoisotopic (exact) mass is 362 g/mol. The average Bonchev–Trinajstić information content (AvgIpc) is 2.92. The number of aliphatic hydroxyl groups is 2. The van der Waals surface area contributed by atoms with E-state index < -0.39 is 5.60 Å². The van der Waals surface area contributed by atoms with E-state index in [1.807, 2.05) is 6.92 Å². The predicted octanol–water partition coefficient (Wildman–Crippen LogP) is 4.35. The molecule has 0 radical (unpaired) electrons. The van der Waals surface area contributed by atoms with E-state index in [1.165, 1.54) is 32.1 Å². The minimum atomic E-state index is -0.521. The van der Waals surface area contributed by atoms with Crippen LogP contribution in [0.25, 0.3) is 0 Å². The molecule has 0 spiro atoms. The van der Waals surface area contributed by atoms with E-state index in [2.05, 4.69) is 6.92 Å². The molecule has 0 aromatic carbocycles. The lowest BCUT2D eigenvalue weighted by atomic mass is 9.42. The highest BCUT2D eigenvalue weighted by molar-refractivity contribution is 5.79. The third-order valence-corrected chi connectivity index (χ3v) is 9.72. The Morgan fingerprint density at radius 3 is 2.46 bits per heavy atom. The Kier molecular flexibility index (Phi) is 4.59. The molecule has 0 aromatic heterocycles. The molecular formula is C23H38O3. The molecule has 26 heavy (non-hydrogen) atoms. The molecule has 0 aliphatic heterocycles. The van der Waals surface area contributed by atoms with Crippen LogP contribution >= 0.6 is 0 Å². The normalized spacial score (nSPS) is 53.5. The quantitative estimate of drug-likeness (QED) is 0.785. The van der Waals surface area contributed by atoms with Crippen molar-refractivity contribution < 1.29 is 15.0 Å². The van der Waals surface area contributed by atoms with Gasteiger partial charge in [0.05, 0.1) is 5.60 Å². The van der Waals surface area contributed by atoms with Gasteiger partial charge in [-0.05, 0) is 113 Å². The van der Waals surface area contributed by atoms with E-state index in [-0.39, 0.29) is 23.4 Å². The molecule has 4 aliphatic carbocycles. The average molecular weight is 363 g/mol. The number of Topliss-reactive ketones (excluding diaryl/α,β-unsaturated/α-hetero) is 1. The largest absolute Gasteiger partial charge is 0.396 e. The Labute approximate surface area is 158 Å². The predicted molar refractivity (Wildman–Crippen MR) is 103 cm³/mol. The van der Waals surface area contributed by atoms with Crippen molar-refractivity contribution in [3.63, 3.8) is 0 Å². The summed E-state index contributed by atoms with van der Waals surface area (Å²) in [6, 6.07) is 0. The van der Waals surface area contributed by atoms with Crippen LogP contribution in [0.1, 0.15) is 85.0 Å². The number of aliphatic hydroxyl groups excluding tert-OH is 1. The summed E-state index contributed by atoms with van der Waals surface area (Å²) in [6.45, 7) is 6.50. The highest BCUT2D eigenvalue weighted by Crippen LogP contribution is 2.68. The summed E-state index contributed by atoms with van der Waals surface area (Å²) in [4.78, 5) is 12.3. The minimum absolute atomic E-state index is 0.209. The van der Waals surface area contributed by atoms with E-state index in [0.29, 0.717) is 23.5 Å². The van der Waals surface area contributed by atoms with Crippen LogP contribution < -0.4 is 0 Å². The molecule has 0 aromatic rings. The number of ketones is 1. The van der Waals surface area contributed by atoms with Crippen molar-refractivity contribution in [2.75, 3.05) is 6.61 Å². The zero-order valence-electron chi connectivity index (χ0n) is 17.0. The summed E-state index contributed by atoms with van der Waals surface area (Å²) in [5, 5.41) is 20.6. The van der Waals surface area contributed by atoms with E-state index in [1.54, 1.807) is 6.92 Å². The maximum Gasteiger partial charge on any atom is 0.133 e. The molecule has 4 saturated carbocycles. The van der Waals surface area contributed by atoms with Crippen LogP contribution in [0.2, 0.25) is 0 Å². The van der Waals surface area contributed by atoms with Crippen LogP contribution in [-0.2, 0) is 4.79 Å². The van der Waals surface area contributed by atoms with Crippen LogP contribution in [0, 0.1) is 40.4 Å². The second-order valence-corrected chi connectivity index (χ2v) is 10.8. The van der Waals surface area contributed by atoms with Gasteiger partial charge in [-0.15, -0.1) is 0 Å². The van der Waals surface area contributed by atoms with Gasteiger partial charge in [-0.1, -0.05) is 6.92 Å². The van der Waals surface area contributed by atoms with E-state index in [0.717, 1.165) is 38.0 Å². The number of hydrogen-bond donors (Lipinski definition) is 2. The third kappa shape index (κ3) is 2.64. The van der Waals surface area contributed by atoms with E-state index in [4.69, 9.17) is 0 Å².